The van der Waals surface area contributed by atoms with Gasteiger partial charge in [-0.2, -0.15) is 11.8 Å². The summed E-state index contributed by atoms with van der Waals surface area (Å²) in [7, 11) is -3.41. The number of nitrogens with one attached hydrogen (secondary N) is 1. The fourth-order valence-electron chi connectivity index (χ4n) is 1.66. The maximum Gasteiger partial charge on any atom is 0.335 e. The highest BCUT2D eigenvalue weighted by Gasteiger charge is 2.12. The molecule has 112 valence electrons. The Kier molecular flexibility index (Phi) is 7.04. The van der Waals surface area contributed by atoms with E-state index in [1.807, 2.05) is 6.26 Å². The van der Waals surface area contributed by atoms with Crippen molar-refractivity contribution in [2.24, 2.45) is 0 Å². The van der Waals surface area contributed by atoms with Crippen LogP contribution in [0.4, 0.5) is 0 Å². The lowest BCUT2D eigenvalue weighted by Gasteiger charge is -2.07. The maximum absolute atomic E-state index is 11.9. The monoisotopic (exact) mass is 317 g/mol. The van der Waals surface area contributed by atoms with Crippen molar-refractivity contribution in [3.05, 3.63) is 35.4 Å². The molecule has 0 radical (unpaired) electrons. The molecule has 0 aliphatic carbocycles. The van der Waals surface area contributed by atoms with E-state index in [0.717, 1.165) is 18.6 Å². The molecule has 20 heavy (non-hydrogen) atoms. The molecule has 0 saturated carbocycles. The first kappa shape index (κ1) is 17.0. The Balaban J connectivity index is 2.53. The number of thioether (sulfide) groups is 1. The highest BCUT2D eigenvalue weighted by Crippen LogP contribution is 2.09. The summed E-state index contributed by atoms with van der Waals surface area (Å²) < 4.78 is 26.2. The van der Waals surface area contributed by atoms with Gasteiger partial charge in [-0.1, -0.05) is 12.1 Å². The molecule has 0 amide bonds. The third-order valence-electron chi connectivity index (χ3n) is 2.63. The zero-order valence-electron chi connectivity index (χ0n) is 11.3. The molecule has 0 bridgehead atoms. The quantitative estimate of drug-likeness (QED) is 0.680. The first-order valence-corrected chi connectivity index (χ1v) is 9.28. The van der Waals surface area contributed by atoms with E-state index in [0.29, 0.717) is 12.1 Å². The molecule has 1 aromatic carbocycles. The lowest BCUT2D eigenvalue weighted by molar-refractivity contribution is 0.0696. The zero-order valence-corrected chi connectivity index (χ0v) is 13.0. The van der Waals surface area contributed by atoms with Crippen molar-refractivity contribution in [3.8, 4) is 0 Å². The molecule has 5 nitrogen and oxygen atoms in total. The van der Waals surface area contributed by atoms with Crippen LogP contribution in [0, 0.1) is 0 Å². The third-order valence-corrected chi connectivity index (χ3v) is 4.68. The largest absolute Gasteiger partial charge is 0.478 e. The van der Waals surface area contributed by atoms with E-state index in [2.05, 4.69) is 4.72 Å². The second kappa shape index (κ2) is 8.28. The van der Waals surface area contributed by atoms with Crippen LogP contribution in [0.2, 0.25) is 0 Å². The summed E-state index contributed by atoms with van der Waals surface area (Å²) >= 11 is 1.73. The molecule has 0 saturated heterocycles. The van der Waals surface area contributed by atoms with Crippen LogP contribution in [0.5, 0.6) is 0 Å². The van der Waals surface area contributed by atoms with Gasteiger partial charge in [-0.3, -0.25) is 0 Å². The highest BCUT2D eigenvalue weighted by atomic mass is 32.2. The Morgan fingerprint density at radius 3 is 2.75 bits per heavy atom. The number of aromatic carboxylic acids is 1. The zero-order chi connectivity index (χ0) is 15.0. The van der Waals surface area contributed by atoms with Gasteiger partial charge in [-0.05, 0) is 42.5 Å². The van der Waals surface area contributed by atoms with Crippen LogP contribution < -0.4 is 4.72 Å². The highest BCUT2D eigenvalue weighted by molar-refractivity contribution is 7.98. The minimum atomic E-state index is -3.41. The van der Waals surface area contributed by atoms with Gasteiger partial charge in [0.1, 0.15) is 0 Å². The summed E-state index contributed by atoms with van der Waals surface area (Å²) in [6, 6.07) is 5.98. The van der Waals surface area contributed by atoms with Crippen LogP contribution >= 0.6 is 11.8 Å². The van der Waals surface area contributed by atoms with E-state index in [-0.39, 0.29) is 11.3 Å². The lowest BCUT2D eigenvalue weighted by Crippen LogP contribution is -2.26. The Labute approximate surface area is 123 Å². The second-order valence-electron chi connectivity index (χ2n) is 4.36. The number of carbonyl (C=O) groups is 1. The lowest BCUT2D eigenvalue weighted by atomic mass is 10.1. The van der Waals surface area contributed by atoms with E-state index in [9.17, 15) is 13.2 Å². The van der Waals surface area contributed by atoms with Crippen LogP contribution in [0.1, 0.15) is 28.8 Å². The van der Waals surface area contributed by atoms with Crippen molar-refractivity contribution < 1.29 is 18.3 Å². The Bertz CT molecular complexity index is 543. The summed E-state index contributed by atoms with van der Waals surface area (Å²) in [5, 5.41) is 8.86. The molecule has 1 rings (SSSR count). The predicted octanol–water partition coefficient (Wildman–Crippen LogP) is 1.95. The number of hydrogen-bond acceptors (Lipinski definition) is 4. The first-order chi connectivity index (χ1) is 9.44. The number of rotatable bonds is 9. The van der Waals surface area contributed by atoms with Gasteiger partial charge in [0.2, 0.25) is 10.0 Å². The molecule has 2 N–H and O–H groups in total. The van der Waals surface area contributed by atoms with E-state index >= 15 is 0 Å². The molecule has 0 aromatic heterocycles. The van der Waals surface area contributed by atoms with Crippen molar-refractivity contribution in [2.75, 3.05) is 18.6 Å². The minimum absolute atomic E-state index is 0.0951. The molecule has 0 unspecified atom stereocenters. The van der Waals surface area contributed by atoms with Gasteiger partial charge in [-0.25, -0.2) is 17.9 Å². The summed E-state index contributed by atoms with van der Waals surface area (Å²) in [6.45, 7) is 0.418. The maximum atomic E-state index is 11.9. The standard InChI is InChI=1S/C13H19NO4S2/c1-19-8-3-2-7-14-20(17,18)10-11-5-4-6-12(9-11)13(15)16/h4-6,9,14H,2-3,7-8,10H2,1H3,(H,15,16). The van der Waals surface area contributed by atoms with Crippen molar-refractivity contribution >= 4 is 27.8 Å². The van der Waals surface area contributed by atoms with E-state index in [1.165, 1.54) is 12.1 Å². The Hall–Kier alpha value is -1.05. The molecule has 1 aromatic rings. The summed E-state index contributed by atoms with van der Waals surface area (Å²) in [5.74, 6) is -0.242. The molecule has 0 heterocycles. The number of benzene rings is 1. The van der Waals surface area contributed by atoms with Crippen LogP contribution in [-0.2, 0) is 15.8 Å². The number of hydrogen-bond donors (Lipinski definition) is 2. The first-order valence-electron chi connectivity index (χ1n) is 6.23. The number of unbranched alkanes of at least 4 members (excludes halogenated alkanes) is 1. The third kappa shape index (κ3) is 6.40. The topological polar surface area (TPSA) is 83.5 Å². The normalized spacial score (nSPS) is 11.4. The van der Waals surface area contributed by atoms with Crippen LogP contribution in [0.15, 0.2) is 24.3 Å². The second-order valence-corrected chi connectivity index (χ2v) is 7.15. The van der Waals surface area contributed by atoms with Crippen LogP contribution in [-0.4, -0.2) is 38.0 Å². The van der Waals surface area contributed by atoms with E-state index < -0.39 is 16.0 Å². The molecule has 0 fully saturated rings. The molecule has 0 atom stereocenters. The van der Waals surface area contributed by atoms with Crippen LogP contribution in [0.3, 0.4) is 0 Å². The SMILES string of the molecule is CSCCCCNS(=O)(=O)Cc1cccc(C(=O)O)c1. The summed E-state index contributed by atoms with van der Waals surface area (Å²) in [5.41, 5.74) is 0.569. The molecular formula is C13H19NO4S2. The van der Waals surface area contributed by atoms with Gasteiger partial charge in [-0.15, -0.1) is 0 Å². The van der Waals surface area contributed by atoms with Gasteiger partial charge in [0.25, 0.3) is 0 Å². The number of sulfonamides is 1. The molecule has 0 aliphatic heterocycles. The smallest absolute Gasteiger partial charge is 0.335 e. The van der Waals surface area contributed by atoms with Crippen molar-refractivity contribution in [2.45, 2.75) is 18.6 Å². The average Bonchev–Trinajstić information content (AvgIpc) is 2.38. The molecule has 7 heteroatoms. The van der Waals surface area contributed by atoms with Gasteiger partial charge in [0.05, 0.1) is 11.3 Å². The summed E-state index contributed by atoms with van der Waals surface area (Å²) in [4.78, 5) is 10.8. The van der Waals surface area contributed by atoms with Gasteiger partial charge < -0.3 is 5.11 Å². The average molecular weight is 317 g/mol. The predicted molar refractivity (Wildman–Crippen MR) is 81.6 cm³/mol. The molecular weight excluding hydrogens is 298 g/mol. The van der Waals surface area contributed by atoms with Gasteiger partial charge >= 0.3 is 5.97 Å². The fraction of sp³-hybridized carbons (Fsp3) is 0.462. The Morgan fingerprint density at radius 1 is 1.35 bits per heavy atom. The fourth-order valence-corrected chi connectivity index (χ4v) is 3.33. The number of carboxylic acids is 1. The van der Waals surface area contributed by atoms with Gasteiger partial charge in [0, 0.05) is 6.54 Å². The number of carboxylic acid groups (broad SMARTS) is 1. The van der Waals surface area contributed by atoms with Gasteiger partial charge in [0.15, 0.2) is 0 Å². The van der Waals surface area contributed by atoms with Crippen LogP contribution in [0.25, 0.3) is 0 Å². The summed E-state index contributed by atoms with van der Waals surface area (Å²) in [6.07, 6.45) is 3.78. The Morgan fingerprint density at radius 2 is 2.10 bits per heavy atom. The van der Waals surface area contributed by atoms with Crippen molar-refractivity contribution in [1.82, 2.24) is 4.72 Å². The van der Waals surface area contributed by atoms with Crippen molar-refractivity contribution in [3.63, 3.8) is 0 Å². The van der Waals surface area contributed by atoms with Crippen molar-refractivity contribution in [1.29, 1.82) is 0 Å². The molecule has 0 spiro atoms. The van der Waals surface area contributed by atoms with E-state index in [1.54, 1.807) is 23.9 Å². The van der Waals surface area contributed by atoms with E-state index in [4.69, 9.17) is 5.11 Å². The minimum Gasteiger partial charge on any atom is -0.478 e. The molecule has 0 aliphatic rings.